The van der Waals surface area contributed by atoms with E-state index in [2.05, 4.69) is 15.9 Å². The summed E-state index contributed by atoms with van der Waals surface area (Å²) in [6, 6.07) is 5.02. The first kappa shape index (κ1) is 13.4. The van der Waals surface area contributed by atoms with Crippen LogP contribution in [0.4, 0.5) is 0 Å². The molecule has 1 saturated carbocycles. The molecule has 18 heavy (non-hydrogen) atoms. The third-order valence-electron chi connectivity index (χ3n) is 3.38. The van der Waals surface area contributed by atoms with E-state index < -0.39 is 5.97 Å². The number of benzene rings is 1. The molecule has 4 heteroatoms. The molecular formula is C14H17BrO3. The Morgan fingerprint density at radius 3 is 2.67 bits per heavy atom. The molecule has 0 spiro atoms. The zero-order valence-corrected chi connectivity index (χ0v) is 11.8. The summed E-state index contributed by atoms with van der Waals surface area (Å²) in [5, 5.41) is 8.92. The molecule has 98 valence electrons. The summed E-state index contributed by atoms with van der Waals surface area (Å²) in [6.45, 7) is 0.735. The maximum atomic E-state index is 10.9. The molecule has 1 aromatic rings. The van der Waals surface area contributed by atoms with Crippen LogP contribution in [0, 0.1) is 5.92 Å². The predicted molar refractivity (Wildman–Crippen MR) is 73.2 cm³/mol. The fourth-order valence-corrected chi connectivity index (χ4v) is 2.85. The van der Waals surface area contributed by atoms with Gasteiger partial charge in [0.1, 0.15) is 5.75 Å². The molecular weight excluding hydrogens is 296 g/mol. The Morgan fingerprint density at radius 1 is 1.33 bits per heavy atom. The second-order valence-corrected chi connectivity index (χ2v) is 5.62. The second kappa shape index (κ2) is 6.23. The highest BCUT2D eigenvalue weighted by Gasteiger charge is 2.14. The molecule has 0 amide bonds. The van der Waals surface area contributed by atoms with E-state index >= 15 is 0 Å². The van der Waals surface area contributed by atoms with Crippen molar-refractivity contribution < 1.29 is 14.6 Å². The summed E-state index contributed by atoms with van der Waals surface area (Å²) < 4.78 is 6.30. The quantitative estimate of drug-likeness (QED) is 0.910. The zero-order valence-electron chi connectivity index (χ0n) is 10.2. The second-order valence-electron chi connectivity index (χ2n) is 4.76. The molecule has 0 bridgehead atoms. The highest BCUT2D eigenvalue weighted by Crippen LogP contribution is 2.27. The van der Waals surface area contributed by atoms with Gasteiger partial charge in [-0.3, -0.25) is 0 Å². The third-order valence-corrected chi connectivity index (χ3v) is 4.04. The summed E-state index contributed by atoms with van der Waals surface area (Å²) in [6.07, 6.45) is 6.43. The van der Waals surface area contributed by atoms with E-state index in [-0.39, 0.29) is 5.56 Å². The third kappa shape index (κ3) is 3.48. The molecule has 0 heterocycles. The van der Waals surface area contributed by atoms with Gasteiger partial charge in [0.2, 0.25) is 0 Å². The zero-order chi connectivity index (χ0) is 13.0. The number of rotatable bonds is 4. The van der Waals surface area contributed by atoms with Crippen molar-refractivity contribution in [3.8, 4) is 5.75 Å². The topological polar surface area (TPSA) is 46.5 Å². The largest absolute Gasteiger partial charge is 0.493 e. The van der Waals surface area contributed by atoms with E-state index in [9.17, 15) is 4.79 Å². The Kier molecular flexibility index (Phi) is 4.64. The Bertz CT molecular complexity index is 425. The minimum absolute atomic E-state index is 0.264. The number of aromatic carboxylic acids is 1. The molecule has 0 aromatic heterocycles. The molecule has 0 unspecified atom stereocenters. The van der Waals surface area contributed by atoms with Gasteiger partial charge in [0.15, 0.2) is 0 Å². The summed E-state index contributed by atoms with van der Waals surface area (Å²) in [5.74, 6) is 0.454. The number of hydrogen-bond donors (Lipinski definition) is 1. The highest BCUT2D eigenvalue weighted by molar-refractivity contribution is 9.10. The lowest BCUT2D eigenvalue weighted by atomic mass is 9.90. The van der Waals surface area contributed by atoms with Crippen LogP contribution in [-0.4, -0.2) is 17.7 Å². The van der Waals surface area contributed by atoms with E-state index in [0.717, 1.165) is 12.4 Å². The monoisotopic (exact) mass is 312 g/mol. The van der Waals surface area contributed by atoms with Crippen molar-refractivity contribution in [2.75, 3.05) is 6.61 Å². The smallest absolute Gasteiger partial charge is 0.336 e. The molecule has 0 atom stereocenters. The molecule has 1 aliphatic rings. The summed E-state index contributed by atoms with van der Waals surface area (Å²) in [4.78, 5) is 10.9. The van der Waals surface area contributed by atoms with Crippen LogP contribution in [0.1, 0.15) is 42.5 Å². The van der Waals surface area contributed by atoms with Crippen molar-refractivity contribution in [2.45, 2.75) is 32.1 Å². The number of carbonyl (C=O) groups is 1. The average molecular weight is 313 g/mol. The van der Waals surface area contributed by atoms with Crippen LogP contribution in [-0.2, 0) is 0 Å². The molecule has 1 aliphatic carbocycles. The average Bonchev–Trinajstić information content (AvgIpc) is 2.37. The first-order valence-electron chi connectivity index (χ1n) is 6.32. The fraction of sp³-hybridized carbons (Fsp3) is 0.500. The Labute approximate surface area is 115 Å². The van der Waals surface area contributed by atoms with Gasteiger partial charge in [0.25, 0.3) is 0 Å². The van der Waals surface area contributed by atoms with Gasteiger partial charge in [-0.2, -0.15) is 0 Å². The summed E-state index contributed by atoms with van der Waals surface area (Å²) >= 11 is 3.25. The van der Waals surface area contributed by atoms with Gasteiger partial charge in [-0.1, -0.05) is 19.3 Å². The first-order chi connectivity index (χ1) is 8.66. The van der Waals surface area contributed by atoms with Crippen molar-refractivity contribution in [3.05, 3.63) is 28.2 Å². The van der Waals surface area contributed by atoms with E-state index in [1.165, 1.54) is 32.1 Å². The van der Waals surface area contributed by atoms with Crippen molar-refractivity contribution in [1.82, 2.24) is 0 Å². The first-order valence-corrected chi connectivity index (χ1v) is 7.12. The molecule has 1 N–H and O–H groups in total. The molecule has 1 aromatic carbocycles. The van der Waals surface area contributed by atoms with E-state index in [1.54, 1.807) is 18.2 Å². The van der Waals surface area contributed by atoms with Crippen LogP contribution in [0.15, 0.2) is 22.7 Å². The number of hydrogen-bond acceptors (Lipinski definition) is 2. The van der Waals surface area contributed by atoms with Crippen molar-refractivity contribution >= 4 is 21.9 Å². The van der Waals surface area contributed by atoms with Gasteiger partial charge in [-0.05, 0) is 52.9 Å². The van der Waals surface area contributed by atoms with Gasteiger partial charge in [-0.25, -0.2) is 4.79 Å². The number of halogens is 1. The van der Waals surface area contributed by atoms with Crippen LogP contribution in [0.25, 0.3) is 0 Å². The number of carboxylic acid groups (broad SMARTS) is 1. The molecule has 1 fully saturated rings. The van der Waals surface area contributed by atoms with Gasteiger partial charge in [0.05, 0.1) is 12.2 Å². The van der Waals surface area contributed by atoms with E-state index in [4.69, 9.17) is 9.84 Å². The fourth-order valence-electron chi connectivity index (χ4n) is 2.33. The lowest BCUT2D eigenvalue weighted by Gasteiger charge is -2.21. The van der Waals surface area contributed by atoms with Gasteiger partial charge < -0.3 is 9.84 Å². The minimum Gasteiger partial charge on any atom is -0.493 e. The maximum Gasteiger partial charge on any atom is 0.336 e. The lowest BCUT2D eigenvalue weighted by molar-refractivity contribution is 0.0696. The van der Waals surface area contributed by atoms with Gasteiger partial charge >= 0.3 is 5.97 Å². The molecule has 0 saturated heterocycles. The normalized spacial score (nSPS) is 16.5. The summed E-state index contributed by atoms with van der Waals surface area (Å²) in [5.41, 5.74) is 0.264. The Hall–Kier alpha value is -1.03. The van der Waals surface area contributed by atoms with Crippen LogP contribution in [0.5, 0.6) is 5.75 Å². The van der Waals surface area contributed by atoms with Crippen LogP contribution in [0.2, 0.25) is 0 Å². The summed E-state index contributed by atoms with van der Waals surface area (Å²) in [7, 11) is 0. The van der Waals surface area contributed by atoms with Crippen LogP contribution in [0.3, 0.4) is 0 Å². The molecule has 3 nitrogen and oxygen atoms in total. The number of carboxylic acids is 1. The Morgan fingerprint density at radius 2 is 2.06 bits per heavy atom. The molecule has 0 radical (unpaired) electrons. The van der Waals surface area contributed by atoms with E-state index in [1.807, 2.05) is 0 Å². The van der Waals surface area contributed by atoms with Gasteiger partial charge in [-0.15, -0.1) is 0 Å². The maximum absolute atomic E-state index is 10.9. The van der Waals surface area contributed by atoms with Crippen LogP contribution >= 0.6 is 15.9 Å². The van der Waals surface area contributed by atoms with Crippen LogP contribution < -0.4 is 4.74 Å². The van der Waals surface area contributed by atoms with Crippen molar-refractivity contribution in [1.29, 1.82) is 0 Å². The standard InChI is InChI=1S/C14H17BrO3/c15-13-8-11(6-7-12(13)14(16)17)18-9-10-4-2-1-3-5-10/h6-8,10H,1-5,9H2,(H,16,17). The predicted octanol–water partition coefficient (Wildman–Crippen LogP) is 4.11. The minimum atomic E-state index is -0.930. The molecule has 0 aliphatic heterocycles. The SMILES string of the molecule is O=C(O)c1ccc(OCC2CCCCC2)cc1Br. The lowest BCUT2D eigenvalue weighted by Crippen LogP contribution is -2.15. The van der Waals surface area contributed by atoms with Crippen molar-refractivity contribution in [2.24, 2.45) is 5.92 Å². The highest BCUT2D eigenvalue weighted by atomic mass is 79.9. The number of ether oxygens (including phenoxy) is 1. The van der Waals surface area contributed by atoms with Crippen molar-refractivity contribution in [3.63, 3.8) is 0 Å². The van der Waals surface area contributed by atoms with Gasteiger partial charge in [0, 0.05) is 4.47 Å². The Balaban J connectivity index is 1.93. The van der Waals surface area contributed by atoms with E-state index in [0.29, 0.717) is 10.4 Å². The molecule has 2 rings (SSSR count).